The predicted octanol–water partition coefficient (Wildman–Crippen LogP) is 2.67. The molecular formula is C10H8BrF3O3. The minimum atomic E-state index is -4.55. The molecule has 3 nitrogen and oxygen atoms in total. The molecule has 1 rings (SSSR count). The molecule has 1 unspecified atom stereocenters. The largest absolute Gasteiger partial charge is 0.467 e. The molecular weight excluding hydrogens is 305 g/mol. The summed E-state index contributed by atoms with van der Waals surface area (Å²) in [6, 6.07) is 2.77. The minimum absolute atomic E-state index is 0.116. The molecule has 0 radical (unpaired) electrons. The highest BCUT2D eigenvalue weighted by Gasteiger charge is 2.32. The molecule has 1 aromatic rings. The van der Waals surface area contributed by atoms with Gasteiger partial charge in [-0.2, -0.15) is 13.2 Å². The van der Waals surface area contributed by atoms with Crippen molar-refractivity contribution in [2.24, 2.45) is 0 Å². The molecule has 1 aromatic carbocycles. The molecule has 94 valence electrons. The van der Waals surface area contributed by atoms with Crippen LogP contribution in [0, 0.1) is 0 Å². The Morgan fingerprint density at radius 1 is 1.41 bits per heavy atom. The monoisotopic (exact) mass is 312 g/mol. The zero-order chi connectivity index (χ0) is 13.2. The van der Waals surface area contributed by atoms with E-state index in [0.717, 1.165) is 13.2 Å². The van der Waals surface area contributed by atoms with E-state index in [1.54, 1.807) is 0 Å². The van der Waals surface area contributed by atoms with Gasteiger partial charge in [-0.25, -0.2) is 4.79 Å². The van der Waals surface area contributed by atoms with Crippen LogP contribution in [-0.4, -0.2) is 18.2 Å². The molecule has 0 aliphatic rings. The number of methoxy groups -OCH3 is 1. The number of rotatable bonds is 2. The molecule has 7 heteroatoms. The lowest BCUT2D eigenvalue weighted by Crippen LogP contribution is -2.15. The van der Waals surface area contributed by atoms with E-state index in [0.29, 0.717) is 6.07 Å². The van der Waals surface area contributed by atoms with Crippen LogP contribution in [0.2, 0.25) is 0 Å². The van der Waals surface area contributed by atoms with Crippen LogP contribution in [0.15, 0.2) is 22.7 Å². The molecule has 0 aromatic heterocycles. The topological polar surface area (TPSA) is 46.5 Å². The number of carbonyl (C=O) groups is 1. The van der Waals surface area contributed by atoms with Crippen molar-refractivity contribution in [3.05, 3.63) is 33.8 Å². The molecule has 0 heterocycles. The smallest absolute Gasteiger partial charge is 0.416 e. The number of benzene rings is 1. The van der Waals surface area contributed by atoms with E-state index in [2.05, 4.69) is 20.7 Å². The van der Waals surface area contributed by atoms with Gasteiger partial charge in [0.05, 0.1) is 12.7 Å². The summed E-state index contributed by atoms with van der Waals surface area (Å²) in [5.74, 6) is -1.02. The zero-order valence-electron chi connectivity index (χ0n) is 8.58. The van der Waals surface area contributed by atoms with Gasteiger partial charge in [-0.05, 0) is 23.8 Å². The molecule has 17 heavy (non-hydrogen) atoms. The number of ether oxygens (including phenoxy) is 1. The van der Waals surface area contributed by atoms with E-state index < -0.39 is 23.8 Å². The van der Waals surface area contributed by atoms with Crippen molar-refractivity contribution >= 4 is 21.9 Å². The molecule has 0 fully saturated rings. The minimum Gasteiger partial charge on any atom is -0.467 e. The zero-order valence-corrected chi connectivity index (χ0v) is 10.2. The second-order valence-corrected chi connectivity index (χ2v) is 4.11. The quantitative estimate of drug-likeness (QED) is 0.854. The van der Waals surface area contributed by atoms with Gasteiger partial charge in [-0.1, -0.05) is 15.9 Å². The fraction of sp³-hybridized carbons (Fsp3) is 0.300. The Morgan fingerprint density at radius 3 is 2.47 bits per heavy atom. The van der Waals surface area contributed by atoms with Crippen molar-refractivity contribution in [1.82, 2.24) is 0 Å². The maximum Gasteiger partial charge on any atom is 0.416 e. The lowest BCUT2D eigenvalue weighted by atomic mass is 10.1. The van der Waals surface area contributed by atoms with Gasteiger partial charge in [-0.3, -0.25) is 0 Å². The van der Waals surface area contributed by atoms with Crippen LogP contribution in [0.3, 0.4) is 0 Å². The standard InChI is InChI=1S/C10H8BrF3O3/c1-17-9(16)8(15)5-2-6(10(12,13)14)4-7(11)3-5/h2-4,8,15H,1H3. The van der Waals surface area contributed by atoms with E-state index in [9.17, 15) is 23.1 Å². The highest BCUT2D eigenvalue weighted by atomic mass is 79.9. The van der Waals surface area contributed by atoms with Crippen molar-refractivity contribution in [3.63, 3.8) is 0 Å². The van der Waals surface area contributed by atoms with Crippen LogP contribution in [0.25, 0.3) is 0 Å². The number of aliphatic hydroxyl groups excluding tert-OH is 1. The first-order valence-corrected chi connectivity index (χ1v) is 5.18. The van der Waals surface area contributed by atoms with Gasteiger partial charge in [0, 0.05) is 4.47 Å². The van der Waals surface area contributed by atoms with Crippen molar-refractivity contribution in [1.29, 1.82) is 0 Å². The Labute approximate surface area is 103 Å². The van der Waals surface area contributed by atoms with Gasteiger partial charge >= 0.3 is 12.1 Å². The number of carbonyl (C=O) groups excluding carboxylic acids is 1. The Kier molecular flexibility index (Phi) is 4.16. The van der Waals surface area contributed by atoms with Crippen LogP contribution >= 0.6 is 15.9 Å². The molecule has 0 aliphatic carbocycles. The average Bonchev–Trinajstić information content (AvgIpc) is 2.25. The van der Waals surface area contributed by atoms with Gasteiger partial charge in [-0.15, -0.1) is 0 Å². The Hall–Kier alpha value is -1.08. The average molecular weight is 313 g/mol. The molecule has 0 aliphatic heterocycles. The number of alkyl halides is 3. The SMILES string of the molecule is COC(=O)C(O)c1cc(Br)cc(C(F)(F)F)c1. The predicted molar refractivity (Wildman–Crippen MR) is 56.1 cm³/mol. The van der Waals surface area contributed by atoms with E-state index in [4.69, 9.17) is 0 Å². The van der Waals surface area contributed by atoms with Crippen LogP contribution in [-0.2, 0) is 15.7 Å². The first-order valence-electron chi connectivity index (χ1n) is 4.39. The van der Waals surface area contributed by atoms with Crippen molar-refractivity contribution in [2.75, 3.05) is 7.11 Å². The van der Waals surface area contributed by atoms with E-state index in [1.807, 2.05) is 0 Å². The number of halogens is 4. The molecule has 0 saturated heterocycles. The Bertz CT molecular complexity index is 431. The molecule has 0 amide bonds. The number of hydrogen-bond acceptors (Lipinski definition) is 3. The van der Waals surface area contributed by atoms with Crippen LogP contribution < -0.4 is 0 Å². The third kappa shape index (κ3) is 3.44. The maximum atomic E-state index is 12.5. The number of esters is 1. The molecule has 0 spiro atoms. The fourth-order valence-electron chi connectivity index (χ4n) is 1.18. The lowest BCUT2D eigenvalue weighted by Gasteiger charge is -2.13. The van der Waals surface area contributed by atoms with Crippen LogP contribution in [0.5, 0.6) is 0 Å². The van der Waals surface area contributed by atoms with Crippen molar-refractivity contribution in [3.8, 4) is 0 Å². The number of aliphatic hydroxyl groups is 1. The highest BCUT2D eigenvalue weighted by Crippen LogP contribution is 2.33. The summed E-state index contributed by atoms with van der Waals surface area (Å²) in [7, 11) is 1.04. The maximum absolute atomic E-state index is 12.5. The van der Waals surface area contributed by atoms with E-state index in [-0.39, 0.29) is 10.0 Å². The lowest BCUT2D eigenvalue weighted by molar-refractivity contribution is -0.151. The fourth-order valence-corrected chi connectivity index (χ4v) is 1.69. The highest BCUT2D eigenvalue weighted by molar-refractivity contribution is 9.10. The van der Waals surface area contributed by atoms with Crippen LogP contribution in [0.1, 0.15) is 17.2 Å². The van der Waals surface area contributed by atoms with E-state index >= 15 is 0 Å². The summed E-state index contributed by atoms with van der Waals surface area (Å²) in [5, 5.41) is 9.44. The second-order valence-electron chi connectivity index (χ2n) is 3.20. The molecule has 0 bridgehead atoms. The summed E-state index contributed by atoms with van der Waals surface area (Å²) in [6.45, 7) is 0. The molecule has 1 N–H and O–H groups in total. The van der Waals surface area contributed by atoms with Gasteiger partial charge in [0.2, 0.25) is 0 Å². The van der Waals surface area contributed by atoms with Gasteiger partial charge in [0.1, 0.15) is 0 Å². The summed E-state index contributed by atoms with van der Waals surface area (Å²) >= 11 is 2.88. The van der Waals surface area contributed by atoms with Crippen LogP contribution in [0.4, 0.5) is 13.2 Å². The molecule has 1 atom stereocenters. The molecule has 0 saturated carbocycles. The number of hydrogen-bond donors (Lipinski definition) is 1. The summed E-state index contributed by atoms with van der Waals surface area (Å²) in [6.07, 6.45) is -6.28. The first-order chi connectivity index (χ1) is 7.75. The van der Waals surface area contributed by atoms with E-state index in [1.165, 1.54) is 6.07 Å². The summed E-state index contributed by atoms with van der Waals surface area (Å²) in [5.41, 5.74) is -1.14. The third-order valence-corrected chi connectivity index (χ3v) is 2.45. The third-order valence-electron chi connectivity index (χ3n) is 1.99. The normalized spacial score (nSPS) is 13.3. The summed E-state index contributed by atoms with van der Waals surface area (Å²) < 4.78 is 41.8. The Morgan fingerprint density at radius 2 is 2.00 bits per heavy atom. The summed E-state index contributed by atoms with van der Waals surface area (Å²) in [4.78, 5) is 11.0. The van der Waals surface area contributed by atoms with Gasteiger partial charge in [0.25, 0.3) is 0 Å². The van der Waals surface area contributed by atoms with Crippen molar-refractivity contribution < 1.29 is 27.8 Å². The van der Waals surface area contributed by atoms with Gasteiger partial charge < -0.3 is 9.84 Å². The van der Waals surface area contributed by atoms with Gasteiger partial charge in [0.15, 0.2) is 6.10 Å². The Balaban J connectivity index is 3.18. The van der Waals surface area contributed by atoms with Crippen molar-refractivity contribution in [2.45, 2.75) is 12.3 Å². The first kappa shape index (κ1) is 14.0. The second kappa shape index (κ2) is 5.05.